The third-order valence-electron chi connectivity index (χ3n) is 4.11. The maximum absolute atomic E-state index is 12.5. The largest absolute Gasteiger partial charge is 0.337 e. The van der Waals surface area contributed by atoms with Crippen LogP contribution >= 0.6 is 15.9 Å². The number of anilines is 1. The Kier molecular flexibility index (Phi) is 5.30. The first-order valence-electron chi connectivity index (χ1n) is 7.97. The average Bonchev–Trinajstić information content (AvgIpc) is 2.63. The second-order valence-corrected chi connectivity index (χ2v) is 6.57. The molecular weight excluding hydrogens is 370 g/mol. The quantitative estimate of drug-likeness (QED) is 0.876. The predicted molar refractivity (Wildman–Crippen MR) is 96.9 cm³/mol. The minimum Gasteiger partial charge on any atom is -0.337 e. The Morgan fingerprint density at radius 3 is 2.46 bits per heavy atom. The molecule has 1 aliphatic heterocycles. The molecule has 1 unspecified atom stereocenters. The van der Waals surface area contributed by atoms with E-state index in [4.69, 9.17) is 0 Å². The van der Waals surface area contributed by atoms with Crippen molar-refractivity contribution in [1.82, 2.24) is 20.2 Å². The number of benzene rings is 1. The van der Waals surface area contributed by atoms with Crippen LogP contribution in [0, 0.1) is 0 Å². The summed E-state index contributed by atoms with van der Waals surface area (Å²) in [5.74, 6) is 0.721. The first-order valence-corrected chi connectivity index (χ1v) is 8.76. The highest BCUT2D eigenvalue weighted by molar-refractivity contribution is 9.10. The molecule has 0 aliphatic carbocycles. The molecular formula is C17H20BrN5O. The number of rotatable bonds is 3. The number of urea groups is 1. The van der Waals surface area contributed by atoms with Crippen molar-refractivity contribution in [2.75, 3.05) is 31.1 Å². The third-order valence-corrected chi connectivity index (χ3v) is 4.84. The second-order valence-electron chi connectivity index (χ2n) is 5.72. The molecule has 1 aromatic heterocycles. The molecule has 2 amide bonds. The van der Waals surface area contributed by atoms with Gasteiger partial charge in [-0.25, -0.2) is 14.8 Å². The van der Waals surface area contributed by atoms with Crippen LogP contribution in [0.1, 0.15) is 18.5 Å². The summed E-state index contributed by atoms with van der Waals surface area (Å²) in [5.41, 5.74) is 1.07. The van der Waals surface area contributed by atoms with Crippen LogP contribution in [0.3, 0.4) is 0 Å². The molecule has 0 spiro atoms. The SMILES string of the molecule is CC(NC(=O)N1CCN(c2ncccn2)CC1)c1ccccc1Br. The van der Waals surface area contributed by atoms with E-state index in [2.05, 4.69) is 36.1 Å². The van der Waals surface area contributed by atoms with Crippen LogP contribution in [0.2, 0.25) is 0 Å². The Labute approximate surface area is 150 Å². The van der Waals surface area contributed by atoms with E-state index in [9.17, 15) is 4.79 Å². The van der Waals surface area contributed by atoms with Crippen LogP contribution in [0.5, 0.6) is 0 Å². The molecule has 3 rings (SSSR count). The van der Waals surface area contributed by atoms with Crippen molar-refractivity contribution in [2.45, 2.75) is 13.0 Å². The van der Waals surface area contributed by atoms with Gasteiger partial charge in [-0.3, -0.25) is 0 Å². The summed E-state index contributed by atoms with van der Waals surface area (Å²) in [5, 5.41) is 3.07. The summed E-state index contributed by atoms with van der Waals surface area (Å²) in [6, 6.07) is 9.65. The first kappa shape index (κ1) is 16.7. The molecule has 6 nitrogen and oxygen atoms in total. The number of nitrogens with zero attached hydrogens (tertiary/aromatic N) is 4. The fourth-order valence-electron chi connectivity index (χ4n) is 2.74. The summed E-state index contributed by atoms with van der Waals surface area (Å²) in [6.07, 6.45) is 3.47. The smallest absolute Gasteiger partial charge is 0.317 e. The van der Waals surface area contributed by atoms with Gasteiger partial charge in [-0.1, -0.05) is 34.1 Å². The standard InChI is InChI=1S/C17H20BrN5O/c1-13(14-5-2-3-6-15(14)18)21-17(24)23-11-9-22(10-12-23)16-19-7-4-8-20-16/h2-8,13H,9-12H2,1H3,(H,21,24). The van der Waals surface area contributed by atoms with Crippen molar-refractivity contribution < 1.29 is 4.79 Å². The van der Waals surface area contributed by atoms with Crippen LogP contribution in [0.15, 0.2) is 47.2 Å². The van der Waals surface area contributed by atoms with Gasteiger partial charge in [0.25, 0.3) is 0 Å². The lowest BCUT2D eigenvalue weighted by molar-refractivity contribution is 0.191. The molecule has 1 atom stereocenters. The predicted octanol–water partition coefficient (Wildman–Crippen LogP) is 2.83. The number of hydrogen-bond acceptors (Lipinski definition) is 4. The average molecular weight is 390 g/mol. The van der Waals surface area contributed by atoms with Gasteiger partial charge < -0.3 is 15.1 Å². The monoisotopic (exact) mass is 389 g/mol. The van der Waals surface area contributed by atoms with Crippen LogP contribution < -0.4 is 10.2 Å². The maximum Gasteiger partial charge on any atom is 0.317 e. The highest BCUT2D eigenvalue weighted by atomic mass is 79.9. The van der Waals surface area contributed by atoms with Crippen molar-refractivity contribution >= 4 is 27.9 Å². The fraction of sp³-hybridized carbons (Fsp3) is 0.353. The highest BCUT2D eigenvalue weighted by Crippen LogP contribution is 2.23. The van der Waals surface area contributed by atoms with Gasteiger partial charge in [-0.15, -0.1) is 0 Å². The van der Waals surface area contributed by atoms with E-state index in [0.29, 0.717) is 13.1 Å². The van der Waals surface area contributed by atoms with Crippen molar-refractivity contribution in [2.24, 2.45) is 0 Å². The van der Waals surface area contributed by atoms with Gasteiger partial charge in [0.05, 0.1) is 6.04 Å². The summed E-state index contributed by atoms with van der Waals surface area (Å²) in [4.78, 5) is 24.9. The minimum atomic E-state index is -0.0523. The Bertz CT molecular complexity index is 688. The first-order chi connectivity index (χ1) is 11.6. The van der Waals surface area contributed by atoms with E-state index in [1.807, 2.05) is 36.1 Å². The normalized spacial score (nSPS) is 15.9. The molecule has 7 heteroatoms. The van der Waals surface area contributed by atoms with E-state index in [1.54, 1.807) is 18.5 Å². The number of hydrogen-bond donors (Lipinski definition) is 1. The van der Waals surface area contributed by atoms with E-state index < -0.39 is 0 Å². The Hall–Kier alpha value is -2.15. The van der Waals surface area contributed by atoms with Gasteiger partial charge in [0, 0.05) is 43.0 Å². The molecule has 2 aromatic rings. The van der Waals surface area contributed by atoms with Crippen molar-refractivity contribution in [3.63, 3.8) is 0 Å². The zero-order valence-corrected chi connectivity index (χ0v) is 15.1. The molecule has 1 aliphatic rings. The van der Waals surface area contributed by atoms with Crippen molar-refractivity contribution in [1.29, 1.82) is 0 Å². The van der Waals surface area contributed by atoms with Crippen LogP contribution in [0.4, 0.5) is 10.7 Å². The lowest BCUT2D eigenvalue weighted by Gasteiger charge is -2.35. The highest BCUT2D eigenvalue weighted by Gasteiger charge is 2.23. The van der Waals surface area contributed by atoms with E-state index in [-0.39, 0.29) is 12.1 Å². The summed E-state index contributed by atoms with van der Waals surface area (Å²) in [7, 11) is 0. The number of aromatic nitrogens is 2. The number of piperazine rings is 1. The number of carbonyl (C=O) groups excluding carboxylic acids is 1. The molecule has 1 N–H and O–H groups in total. The Morgan fingerprint density at radius 1 is 1.12 bits per heavy atom. The fourth-order valence-corrected chi connectivity index (χ4v) is 3.37. The van der Waals surface area contributed by atoms with Gasteiger partial charge >= 0.3 is 6.03 Å². The van der Waals surface area contributed by atoms with Gasteiger partial charge in [0.2, 0.25) is 5.95 Å². The van der Waals surface area contributed by atoms with Gasteiger partial charge in [0.1, 0.15) is 0 Å². The molecule has 24 heavy (non-hydrogen) atoms. The van der Waals surface area contributed by atoms with E-state index in [0.717, 1.165) is 29.1 Å². The molecule has 2 heterocycles. The van der Waals surface area contributed by atoms with Gasteiger partial charge in [-0.05, 0) is 24.6 Å². The van der Waals surface area contributed by atoms with Crippen LogP contribution in [-0.4, -0.2) is 47.1 Å². The number of carbonyl (C=O) groups is 1. The Morgan fingerprint density at radius 2 is 1.79 bits per heavy atom. The van der Waals surface area contributed by atoms with Crippen LogP contribution in [0.25, 0.3) is 0 Å². The van der Waals surface area contributed by atoms with Crippen LogP contribution in [-0.2, 0) is 0 Å². The summed E-state index contributed by atoms with van der Waals surface area (Å²) in [6.45, 7) is 4.78. The molecule has 1 fully saturated rings. The minimum absolute atomic E-state index is 0.0353. The van der Waals surface area contributed by atoms with Gasteiger partial charge in [-0.2, -0.15) is 0 Å². The summed E-state index contributed by atoms with van der Waals surface area (Å²) < 4.78 is 1.00. The number of amides is 2. The van der Waals surface area contributed by atoms with Crippen molar-refractivity contribution in [3.8, 4) is 0 Å². The number of nitrogens with one attached hydrogen (secondary N) is 1. The van der Waals surface area contributed by atoms with E-state index in [1.165, 1.54) is 0 Å². The molecule has 0 saturated carbocycles. The zero-order valence-electron chi connectivity index (χ0n) is 13.5. The molecule has 126 valence electrons. The van der Waals surface area contributed by atoms with Crippen molar-refractivity contribution in [3.05, 3.63) is 52.8 Å². The lowest BCUT2D eigenvalue weighted by atomic mass is 10.1. The molecule has 1 aromatic carbocycles. The molecule has 0 radical (unpaired) electrons. The molecule has 0 bridgehead atoms. The Balaban J connectivity index is 1.55. The topological polar surface area (TPSA) is 61.4 Å². The lowest BCUT2D eigenvalue weighted by Crippen LogP contribution is -2.52. The molecule has 1 saturated heterocycles. The third kappa shape index (κ3) is 3.84. The second kappa shape index (κ2) is 7.61. The van der Waals surface area contributed by atoms with E-state index >= 15 is 0 Å². The summed E-state index contributed by atoms with van der Waals surface area (Å²) >= 11 is 3.53. The maximum atomic E-state index is 12.5. The zero-order chi connectivity index (χ0) is 16.9. The van der Waals surface area contributed by atoms with Gasteiger partial charge in [0.15, 0.2) is 0 Å². The number of halogens is 1.